The molecule has 0 aromatic carbocycles. The third kappa shape index (κ3) is 4.61. The van der Waals surface area contributed by atoms with Gasteiger partial charge in [-0.25, -0.2) is 0 Å². The first kappa shape index (κ1) is 15.5. The van der Waals surface area contributed by atoms with Crippen LogP contribution in [0.4, 0.5) is 13.2 Å². The molecule has 0 radical (unpaired) electrons. The van der Waals surface area contributed by atoms with Crippen LogP contribution in [-0.4, -0.2) is 12.2 Å². The van der Waals surface area contributed by atoms with E-state index in [0.29, 0.717) is 12.8 Å². The molecular formula is C13H23F3N2. The van der Waals surface area contributed by atoms with Gasteiger partial charge in [0.2, 0.25) is 0 Å². The van der Waals surface area contributed by atoms with Crippen LogP contribution >= 0.6 is 0 Å². The topological polar surface area (TPSA) is 38.0 Å². The number of nitrogens with one attached hydrogen (secondary N) is 1. The second kappa shape index (κ2) is 6.57. The lowest BCUT2D eigenvalue weighted by molar-refractivity contribution is -0.184. The Balaban J connectivity index is 2.42. The maximum atomic E-state index is 12.6. The smallest absolute Gasteiger partial charge is 0.271 e. The van der Waals surface area contributed by atoms with E-state index in [-0.39, 0.29) is 24.8 Å². The number of alkyl halides is 3. The number of hydrazine groups is 1. The average Bonchev–Trinajstić information content (AvgIpc) is 2.29. The second-order valence-electron chi connectivity index (χ2n) is 5.42. The zero-order valence-electron chi connectivity index (χ0n) is 10.9. The van der Waals surface area contributed by atoms with Gasteiger partial charge < -0.3 is 0 Å². The standard InChI is InChI=1S/C13H23F3N2/c1-9(2)3-8-12(18-17)10-4-6-11(7-5-10)13(14,15)16/h10-12,18H,1,3-8,17H2,2H3. The van der Waals surface area contributed by atoms with Crippen LogP contribution in [0.2, 0.25) is 0 Å². The number of hydrogen-bond acceptors (Lipinski definition) is 2. The molecule has 3 N–H and O–H groups in total. The molecule has 1 fully saturated rings. The molecule has 18 heavy (non-hydrogen) atoms. The average molecular weight is 264 g/mol. The normalized spacial score (nSPS) is 26.9. The molecule has 0 aromatic rings. The molecule has 1 rings (SSSR count). The molecule has 5 heteroatoms. The van der Waals surface area contributed by atoms with Gasteiger partial charge in [-0.3, -0.25) is 11.3 Å². The van der Waals surface area contributed by atoms with Gasteiger partial charge in [0.1, 0.15) is 0 Å². The Hall–Kier alpha value is -0.550. The Labute approximate surface area is 107 Å². The van der Waals surface area contributed by atoms with Crippen molar-refractivity contribution in [2.24, 2.45) is 17.7 Å². The lowest BCUT2D eigenvalue weighted by atomic mass is 9.77. The van der Waals surface area contributed by atoms with E-state index in [4.69, 9.17) is 5.84 Å². The van der Waals surface area contributed by atoms with E-state index in [2.05, 4.69) is 12.0 Å². The molecule has 0 bridgehead atoms. The lowest BCUT2D eigenvalue weighted by Gasteiger charge is -2.34. The first-order valence-electron chi connectivity index (χ1n) is 6.51. The summed E-state index contributed by atoms with van der Waals surface area (Å²) in [7, 11) is 0. The number of rotatable bonds is 5. The zero-order valence-corrected chi connectivity index (χ0v) is 10.9. The lowest BCUT2D eigenvalue weighted by Crippen LogP contribution is -2.43. The first-order valence-corrected chi connectivity index (χ1v) is 6.51. The van der Waals surface area contributed by atoms with Crippen LogP contribution in [0.3, 0.4) is 0 Å². The van der Waals surface area contributed by atoms with E-state index >= 15 is 0 Å². The Morgan fingerprint density at radius 3 is 2.28 bits per heavy atom. The van der Waals surface area contributed by atoms with Gasteiger partial charge in [-0.1, -0.05) is 5.57 Å². The second-order valence-corrected chi connectivity index (χ2v) is 5.42. The van der Waals surface area contributed by atoms with Gasteiger partial charge in [0, 0.05) is 6.04 Å². The number of allylic oxidation sites excluding steroid dienone is 1. The molecule has 0 heterocycles. The Morgan fingerprint density at radius 1 is 1.33 bits per heavy atom. The van der Waals surface area contributed by atoms with Crippen LogP contribution in [0.15, 0.2) is 12.2 Å². The van der Waals surface area contributed by atoms with Crippen molar-refractivity contribution in [1.82, 2.24) is 5.43 Å². The minimum absolute atomic E-state index is 0.107. The van der Waals surface area contributed by atoms with Crippen molar-refractivity contribution in [3.63, 3.8) is 0 Å². The molecule has 106 valence electrons. The van der Waals surface area contributed by atoms with Crippen LogP contribution < -0.4 is 11.3 Å². The summed E-state index contributed by atoms with van der Waals surface area (Å²) in [5.74, 6) is 4.65. The molecule has 0 amide bonds. The van der Waals surface area contributed by atoms with E-state index < -0.39 is 12.1 Å². The molecule has 1 unspecified atom stereocenters. The van der Waals surface area contributed by atoms with E-state index in [1.54, 1.807) is 0 Å². The summed E-state index contributed by atoms with van der Waals surface area (Å²) < 4.78 is 37.7. The first-order chi connectivity index (χ1) is 8.34. The fourth-order valence-corrected chi connectivity index (χ4v) is 2.71. The minimum atomic E-state index is -4.03. The van der Waals surface area contributed by atoms with Crippen LogP contribution in [0, 0.1) is 11.8 Å². The molecule has 1 atom stereocenters. The number of halogens is 3. The van der Waals surface area contributed by atoms with Crippen molar-refractivity contribution >= 4 is 0 Å². The highest BCUT2D eigenvalue weighted by Gasteiger charge is 2.42. The maximum absolute atomic E-state index is 12.6. The summed E-state index contributed by atoms with van der Waals surface area (Å²) in [6.45, 7) is 5.79. The van der Waals surface area contributed by atoms with Crippen LogP contribution in [0.5, 0.6) is 0 Å². The van der Waals surface area contributed by atoms with Crippen molar-refractivity contribution in [3.05, 3.63) is 12.2 Å². The van der Waals surface area contributed by atoms with Crippen molar-refractivity contribution in [3.8, 4) is 0 Å². The van der Waals surface area contributed by atoms with E-state index in [0.717, 1.165) is 18.4 Å². The highest BCUT2D eigenvalue weighted by atomic mass is 19.4. The molecule has 1 aliphatic rings. The molecule has 1 aliphatic carbocycles. The number of nitrogens with two attached hydrogens (primary N) is 1. The highest BCUT2D eigenvalue weighted by molar-refractivity contribution is 4.91. The van der Waals surface area contributed by atoms with E-state index in [1.807, 2.05) is 6.92 Å². The SMILES string of the molecule is C=C(C)CCC(NN)C1CCC(C(F)(F)F)CC1. The summed E-state index contributed by atoms with van der Waals surface area (Å²) in [5.41, 5.74) is 3.84. The van der Waals surface area contributed by atoms with Crippen LogP contribution in [0.25, 0.3) is 0 Å². The van der Waals surface area contributed by atoms with E-state index in [1.165, 1.54) is 0 Å². The van der Waals surface area contributed by atoms with Crippen molar-refractivity contribution in [2.45, 2.75) is 57.7 Å². The molecule has 2 nitrogen and oxygen atoms in total. The van der Waals surface area contributed by atoms with Gasteiger partial charge in [0.25, 0.3) is 0 Å². The fraction of sp³-hybridized carbons (Fsp3) is 0.846. The number of hydrogen-bond donors (Lipinski definition) is 2. The summed E-state index contributed by atoms with van der Waals surface area (Å²) in [4.78, 5) is 0. The third-order valence-electron chi connectivity index (χ3n) is 3.90. The van der Waals surface area contributed by atoms with Gasteiger partial charge in [0.15, 0.2) is 0 Å². The van der Waals surface area contributed by atoms with Gasteiger partial charge >= 0.3 is 6.18 Å². The van der Waals surface area contributed by atoms with Crippen LogP contribution in [0.1, 0.15) is 45.4 Å². The van der Waals surface area contributed by atoms with Crippen molar-refractivity contribution in [1.29, 1.82) is 0 Å². The highest BCUT2D eigenvalue weighted by Crippen LogP contribution is 2.40. The molecule has 0 aromatic heterocycles. The van der Waals surface area contributed by atoms with Crippen LogP contribution in [-0.2, 0) is 0 Å². The molecule has 0 spiro atoms. The third-order valence-corrected chi connectivity index (χ3v) is 3.90. The van der Waals surface area contributed by atoms with Gasteiger partial charge in [-0.2, -0.15) is 13.2 Å². The molecule has 0 aliphatic heterocycles. The van der Waals surface area contributed by atoms with Gasteiger partial charge in [-0.05, 0) is 51.4 Å². The Morgan fingerprint density at radius 2 is 1.89 bits per heavy atom. The van der Waals surface area contributed by atoms with Crippen molar-refractivity contribution < 1.29 is 13.2 Å². The maximum Gasteiger partial charge on any atom is 0.391 e. The Kier molecular flexibility index (Phi) is 5.66. The fourth-order valence-electron chi connectivity index (χ4n) is 2.71. The largest absolute Gasteiger partial charge is 0.391 e. The zero-order chi connectivity index (χ0) is 13.8. The van der Waals surface area contributed by atoms with Gasteiger partial charge in [-0.15, -0.1) is 6.58 Å². The molecule has 0 saturated heterocycles. The monoisotopic (exact) mass is 264 g/mol. The van der Waals surface area contributed by atoms with Crippen molar-refractivity contribution in [2.75, 3.05) is 0 Å². The summed E-state index contributed by atoms with van der Waals surface area (Å²) in [5, 5.41) is 0. The quantitative estimate of drug-likeness (QED) is 0.453. The molecular weight excluding hydrogens is 241 g/mol. The predicted octanol–water partition coefficient (Wildman–Crippen LogP) is 3.54. The van der Waals surface area contributed by atoms with Gasteiger partial charge in [0.05, 0.1) is 5.92 Å². The minimum Gasteiger partial charge on any atom is -0.271 e. The summed E-state index contributed by atoms with van der Waals surface area (Å²) >= 11 is 0. The van der Waals surface area contributed by atoms with E-state index in [9.17, 15) is 13.2 Å². The molecule has 1 saturated carbocycles. The summed E-state index contributed by atoms with van der Waals surface area (Å²) in [6.07, 6.45) is -0.626. The summed E-state index contributed by atoms with van der Waals surface area (Å²) in [6, 6.07) is 0.107. The Bertz CT molecular complexity index is 268. The predicted molar refractivity (Wildman–Crippen MR) is 66.7 cm³/mol.